The normalized spacial score (nSPS) is 10.9. The lowest BCUT2D eigenvalue weighted by atomic mass is 10.1. The standard InChI is InChI=1S/C18H18FN3O2S/c1-10-15(11(2)24-22-10)8-9-16(23)20-18-21-17(12(3)25-18)13-4-6-14(19)7-5-13/h4-7H,8-9H2,1-3H3,(H,20,21,23). The molecule has 0 bridgehead atoms. The number of hydrogen-bond donors (Lipinski definition) is 1. The highest BCUT2D eigenvalue weighted by atomic mass is 32.1. The zero-order chi connectivity index (χ0) is 18.0. The van der Waals surface area contributed by atoms with Gasteiger partial charge < -0.3 is 9.84 Å². The molecular weight excluding hydrogens is 341 g/mol. The fourth-order valence-electron chi connectivity index (χ4n) is 2.60. The zero-order valence-electron chi connectivity index (χ0n) is 14.2. The maximum absolute atomic E-state index is 13.1. The topological polar surface area (TPSA) is 68.0 Å². The van der Waals surface area contributed by atoms with Gasteiger partial charge in [-0.1, -0.05) is 5.16 Å². The van der Waals surface area contributed by atoms with Crippen LogP contribution in [0.5, 0.6) is 0 Å². The molecule has 0 saturated heterocycles. The predicted molar refractivity (Wildman–Crippen MR) is 95.2 cm³/mol. The fraction of sp³-hybridized carbons (Fsp3) is 0.278. The fourth-order valence-corrected chi connectivity index (χ4v) is 3.46. The summed E-state index contributed by atoms with van der Waals surface area (Å²) >= 11 is 1.40. The molecule has 0 spiro atoms. The minimum absolute atomic E-state index is 0.112. The summed E-state index contributed by atoms with van der Waals surface area (Å²) < 4.78 is 18.2. The van der Waals surface area contributed by atoms with Crippen LogP contribution in [0.15, 0.2) is 28.8 Å². The van der Waals surface area contributed by atoms with E-state index in [4.69, 9.17) is 4.52 Å². The Kier molecular flexibility index (Phi) is 4.94. The Hall–Kier alpha value is -2.54. The van der Waals surface area contributed by atoms with Crippen molar-refractivity contribution in [3.05, 3.63) is 52.0 Å². The number of aromatic nitrogens is 2. The number of carbonyl (C=O) groups excluding carboxylic acids is 1. The number of amides is 1. The average molecular weight is 359 g/mol. The molecule has 2 aromatic heterocycles. The van der Waals surface area contributed by atoms with Crippen LogP contribution in [-0.2, 0) is 11.2 Å². The summed E-state index contributed by atoms with van der Waals surface area (Å²) in [5.74, 6) is 0.345. The molecule has 25 heavy (non-hydrogen) atoms. The summed E-state index contributed by atoms with van der Waals surface area (Å²) in [4.78, 5) is 17.6. The third-order valence-electron chi connectivity index (χ3n) is 3.94. The first-order valence-electron chi connectivity index (χ1n) is 7.89. The highest BCUT2D eigenvalue weighted by molar-refractivity contribution is 7.16. The smallest absolute Gasteiger partial charge is 0.226 e. The average Bonchev–Trinajstić information content (AvgIpc) is 3.09. The van der Waals surface area contributed by atoms with E-state index in [0.717, 1.165) is 33.2 Å². The molecule has 0 radical (unpaired) electrons. The van der Waals surface area contributed by atoms with Crippen LogP contribution in [0, 0.1) is 26.6 Å². The van der Waals surface area contributed by atoms with Gasteiger partial charge in [-0.2, -0.15) is 0 Å². The second-order valence-electron chi connectivity index (χ2n) is 5.78. The van der Waals surface area contributed by atoms with Crippen molar-refractivity contribution in [2.24, 2.45) is 0 Å². The van der Waals surface area contributed by atoms with Crippen LogP contribution in [0.3, 0.4) is 0 Å². The van der Waals surface area contributed by atoms with Crippen molar-refractivity contribution in [3.8, 4) is 11.3 Å². The van der Waals surface area contributed by atoms with Gasteiger partial charge in [0, 0.05) is 22.4 Å². The third-order valence-corrected chi connectivity index (χ3v) is 4.83. The Morgan fingerprint density at radius 1 is 1.24 bits per heavy atom. The Morgan fingerprint density at radius 3 is 2.60 bits per heavy atom. The number of rotatable bonds is 5. The van der Waals surface area contributed by atoms with Crippen molar-refractivity contribution in [2.45, 2.75) is 33.6 Å². The number of benzene rings is 1. The van der Waals surface area contributed by atoms with E-state index in [9.17, 15) is 9.18 Å². The van der Waals surface area contributed by atoms with E-state index < -0.39 is 0 Å². The molecule has 7 heteroatoms. The Bertz CT molecular complexity index is 880. The summed E-state index contributed by atoms with van der Waals surface area (Å²) in [6, 6.07) is 6.16. The van der Waals surface area contributed by atoms with Crippen LogP contribution in [-0.4, -0.2) is 16.0 Å². The quantitative estimate of drug-likeness (QED) is 0.731. The van der Waals surface area contributed by atoms with Crippen molar-refractivity contribution in [1.82, 2.24) is 10.1 Å². The van der Waals surface area contributed by atoms with Gasteiger partial charge in [-0.25, -0.2) is 9.37 Å². The largest absolute Gasteiger partial charge is 0.361 e. The number of anilines is 1. The number of nitrogens with zero attached hydrogens (tertiary/aromatic N) is 2. The molecule has 2 heterocycles. The summed E-state index contributed by atoms with van der Waals surface area (Å²) in [6.45, 7) is 5.63. The van der Waals surface area contributed by atoms with E-state index in [0.29, 0.717) is 18.0 Å². The van der Waals surface area contributed by atoms with E-state index in [-0.39, 0.29) is 11.7 Å². The molecule has 0 fully saturated rings. The third kappa shape index (κ3) is 3.93. The van der Waals surface area contributed by atoms with Crippen LogP contribution >= 0.6 is 11.3 Å². The number of aryl methyl sites for hydroxylation is 3. The molecule has 3 rings (SSSR count). The van der Waals surface area contributed by atoms with Crippen LogP contribution < -0.4 is 5.32 Å². The van der Waals surface area contributed by atoms with E-state index in [1.807, 2.05) is 20.8 Å². The summed E-state index contributed by atoms with van der Waals surface area (Å²) in [7, 11) is 0. The lowest BCUT2D eigenvalue weighted by molar-refractivity contribution is -0.116. The molecule has 0 aliphatic heterocycles. The molecule has 5 nitrogen and oxygen atoms in total. The molecule has 0 aliphatic carbocycles. The first-order valence-corrected chi connectivity index (χ1v) is 8.70. The summed E-state index contributed by atoms with van der Waals surface area (Å²) in [5, 5.41) is 7.26. The highest BCUT2D eigenvalue weighted by Crippen LogP contribution is 2.30. The Labute approximate surface area is 148 Å². The van der Waals surface area contributed by atoms with Gasteiger partial charge in [0.05, 0.1) is 11.4 Å². The molecule has 3 aromatic rings. The molecule has 0 saturated carbocycles. The molecular formula is C18H18FN3O2S. The number of halogens is 1. The number of carbonyl (C=O) groups is 1. The van der Waals surface area contributed by atoms with Crippen molar-refractivity contribution < 1.29 is 13.7 Å². The SMILES string of the molecule is Cc1noc(C)c1CCC(=O)Nc1nc(-c2ccc(F)cc2)c(C)s1. The monoisotopic (exact) mass is 359 g/mol. The van der Waals surface area contributed by atoms with Gasteiger partial charge in [0.2, 0.25) is 5.91 Å². The Morgan fingerprint density at radius 2 is 1.96 bits per heavy atom. The first kappa shape index (κ1) is 17.3. The Balaban J connectivity index is 1.66. The molecule has 0 atom stereocenters. The van der Waals surface area contributed by atoms with Crippen LogP contribution in [0.2, 0.25) is 0 Å². The maximum atomic E-state index is 13.1. The number of nitrogens with one attached hydrogen (secondary N) is 1. The number of hydrogen-bond acceptors (Lipinski definition) is 5. The molecule has 1 aromatic carbocycles. The van der Waals surface area contributed by atoms with Crippen molar-refractivity contribution in [3.63, 3.8) is 0 Å². The predicted octanol–water partition coefficient (Wildman–Crippen LogP) is 4.43. The van der Waals surface area contributed by atoms with Crippen LogP contribution in [0.25, 0.3) is 11.3 Å². The van der Waals surface area contributed by atoms with Gasteiger partial charge in [0.25, 0.3) is 0 Å². The molecule has 0 unspecified atom stereocenters. The zero-order valence-corrected chi connectivity index (χ0v) is 15.0. The van der Waals surface area contributed by atoms with Crippen LogP contribution in [0.1, 0.15) is 28.3 Å². The lowest BCUT2D eigenvalue weighted by Gasteiger charge is -2.02. The van der Waals surface area contributed by atoms with Crippen molar-refractivity contribution in [1.29, 1.82) is 0 Å². The van der Waals surface area contributed by atoms with E-state index >= 15 is 0 Å². The van der Waals surface area contributed by atoms with Crippen LogP contribution in [0.4, 0.5) is 9.52 Å². The van der Waals surface area contributed by atoms with Crippen molar-refractivity contribution in [2.75, 3.05) is 5.32 Å². The minimum Gasteiger partial charge on any atom is -0.361 e. The molecule has 1 amide bonds. The first-order chi connectivity index (χ1) is 11.9. The van der Waals surface area contributed by atoms with Gasteiger partial charge in [-0.3, -0.25) is 4.79 Å². The second kappa shape index (κ2) is 7.14. The van der Waals surface area contributed by atoms with E-state index in [1.165, 1.54) is 23.5 Å². The van der Waals surface area contributed by atoms with Gasteiger partial charge in [0.15, 0.2) is 5.13 Å². The minimum atomic E-state index is -0.288. The van der Waals surface area contributed by atoms with Gasteiger partial charge in [0.1, 0.15) is 11.6 Å². The lowest BCUT2D eigenvalue weighted by Crippen LogP contribution is -2.12. The number of thiazole rings is 1. The highest BCUT2D eigenvalue weighted by Gasteiger charge is 2.14. The van der Waals surface area contributed by atoms with Gasteiger partial charge in [-0.15, -0.1) is 11.3 Å². The summed E-state index contributed by atoms with van der Waals surface area (Å²) in [6.07, 6.45) is 0.898. The molecule has 1 N–H and O–H groups in total. The van der Waals surface area contributed by atoms with Crippen molar-refractivity contribution >= 4 is 22.4 Å². The second-order valence-corrected chi connectivity index (χ2v) is 6.98. The summed E-state index contributed by atoms with van der Waals surface area (Å²) in [5.41, 5.74) is 3.36. The van der Waals surface area contributed by atoms with E-state index in [1.54, 1.807) is 12.1 Å². The maximum Gasteiger partial charge on any atom is 0.226 e. The molecule has 0 aliphatic rings. The van der Waals surface area contributed by atoms with Gasteiger partial charge in [-0.05, 0) is 51.5 Å². The van der Waals surface area contributed by atoms with Gasteiger partial charge >= 0.3 is 0 Å². The molecule has 130 valence electrons. The van der Waals surface area contributed by atoms with E-state index in [2.05, 4.69) is 15.5 Å².